The van der Waals surface area contributed by atoms with Crippen molar-refractivity contribution in [3.05, 3.63) is 83.2 Å². The zero-order chi connectivity index (χ0) is 29.2. The lowest BCUT2D eigenvalue weighted by atomic mass is 10.1. The van der Waals surface area contributed by atoms with Crippen LogP contribution in [0.4, 0.5) is 11.6 Å². The maximum atomic E-state index is 11.6. The number of nitrogens with zero attached hydrogens (tertiary/aromatic N) is 6. The summed E-state index contributed by atoms with van der Waals surface area (Å²) in [5, 5.41) is 9.51. The fraction of sp³-hybridized carbons (Fsp3) is 0.355. The molecule has 0 spiro atoms. The minimum absolute atomic E-state index is 0.137. The van der Waals surface area contributed by atoms with Crippen molar-refractivity contribution in [1.29, 1.82) is 0 Å². The molecule has 0 unspecified atom stereocenters. The monoisotopic (exact) mass is 569 g/mol. The predicted octanol–water partition coefficient (Wildman–Crippen LogP) is 2.98. The summed E-state index contributed by atoms with van der Waals surface area (Å²) in [6.07, 6.45) is 1.14. The topological polar surface area (TPSA) is 130 Å². The molecule has 2 fully saturated rings. The SMILES string of the molecule is CN(Cc1ccc(C(N)=O)cc1)c1cccc(N2CCN(Cc3nc4ccc(C(=O)O)cc4n3C[C@@H]3CCO3)CC2)n1. The lowest BCUT2D eigenvalue weighted by Gasteiger charge is -2.36. The molecule has 2 aliphatic rings. The number of ether oxygens (including phenoxy) is 1. The summed E-state index contributed by atoms with van der Waals surface area (Å²) in [6.45, 7) is 6.17. The Morgan fingerprint density at radius 2 is 1.76 bits per heavy atom. The molecule has 3 N–H and O–H groups in total. The standard InChI is InChI=1S/C31H35N7O4/c1-35(18-21-5-7-22(8-6-21)30(32)39)27-3-2-4-28(34-27)37-14-12-36(13-15-37)20-29-33-25-10-9-23(31(40)41)17-26(25)38(29)19-24-11-16-42-24/h2-10,17,24H,11-16,18-20H2,1H3,(H2,32,39)(H,40,41)/t24-/m0/s1. The third kappa shape index (κ3) is 5.93. The van der Waals surface area contributed by atoms with Gasteiger partial charge in [0.2, 0.25) is 5.91 Å². The Hall–Kier alpha value is -4.48. The summed E-state index contributed by atoms with van der Waals surface area (Å²) in [5.41, 5.74) is 8.83. The summed E-state index contributed by atoms with van der Waals surface area (Å²) >= 11 is 0. The average molecular weight is 570 g/mol. The number of carbonyl (C=O) groups is 2. The highest BCUT2D eigenvalue weighted by molar-refractivity contribution is 5.93. The number of hydrogen-bond acceptors (Lipinski definition) is 8. The van der Waals surface area contributed by atoms with Crippen LogP contribution >= 0.6 is 0 Å². The number of carboxylic acid groups (broad SMARTS) is 1. The number of aromatic nitrogens is 3. The van der Waals surface area contributed by atoms with Gasteiger partial charge in [-0.2, -0.15) is 0 Å². The lowest BCUT2D eigenvalue weighted by molar-refractivity contribution is -0.0592. The van der Waals surface area contributed by atoms with Crippen LogP contribution in [0.1, 0.15) is 38.5 Å². The number of piperazine rings is 1. The predicted molar refractivity (Wildman–Crippen MR) is 160 cm³/mol. The smallest absolute Gasteiger partial charge is 0.335 e. The second-order valence-electron chi connectivity index (χ2n) is 11.0. The highest BCUT2D eigenvalue weighted by Crippen LogP contribution is 2.25. The second kappa shape index (κ2) is 11.8. The average Bonchev–Trinajstić information content (AvgIpc) is 3.31. The van der Waals surface area contributed by atoms with Gasteiger partial charge in [0.05, 0.1) is 35.8 Å². The van der Waals surface area contributed by atoms with Crippen LogP contribution in [0, 0.1) is 0 Å². The van der Waals surface area contributed by atoms with E-state index in [1.165, 1.54) is 0 Å². The number of aromatic carboxylic acids is 1. The number of primary amides is 1. The first-order valence-corrected chi connectivity index (χ1v) is 14.2. The normalized spacial score (nSPS) is 17.3. The molecule has 6 rings (SSSR count). The minimum Gasteiger partial charge on any atom is -0.478 e. The van der Waals surface area contributed by atoms with Crippen molar-refractivity contribution < 1.29 is 19.4 Å². The van der Waals surface area contributed by atoms with Gasteiger partial charge in [-0.3, -0.25) is 9.69 Å². The van der Waals surface area contributed by atoms with Crippen LogP contribution in [0.2, 0.25) is 0 Å². The molecule has 0 saturated carbocycles. The number of hydrogen-bond donors (Lipinski definition) is 2. The zero-order valence-electron chi connectivity index (χ0n) is 23.6. The molecule has 4 aromatic rings. The Labute approximate surface area is 244 Å². The molecular weight excluding hydrogens is 534 g/mol. The first-order chi connectivity index (χ1) is 20.3. The van der Waals surface area contributed by atoms with E-state index in [2.05, 4.69) is 19.3 Å². The number of carbonyl (C=O) groups excluding carboxylic acids is 1. The second-order valence-corrected chi connectivity index (χ2v) is 11.0. The molecule has 1 atom stereocenters. The number of imidazole rings is 1. The number of amides is 1. The molecule has 218 valence electrons. The van der Waals surface area contributed by atoms with E-state index in [0.29, 0.717) is 25.2 Å². The lowest BCUT2D eigenvalue weighted by Crippen LogP contribution is -2.46. The summed E-state index contributed by atoms with van der Waals surface area (Å²) in [6, 6.07) is 18.5. The molecule has 2 aromatic heterocycles. The highest BCUT2D eigenvalue weighted by atomic mass is 16.5. The van der Waals surface area contributed by atoms with Gasteiger partial charge in [-0.25, -0.2) is 14.8 Å². The maximum Gasteiger partial charge on any atom is 0.335 e. The van der Waals surface area contributed by atoms with Crippen molar-refractivity contribution in [2.24, 2.45) is 5.73 Å². The molecule has 4 heterocycles. The Morgan fingerprint density at radius 1 is 1.02 bits per heavy atom. The molecule has 11 heteroatoms. The molecule has 2 saturated heterocycles. The van der Waals surface area contributed by atoms with Gasteiger partial charge in [0.15, 0.2) is 0 Å². The van der Waals surface area contributed by atoms with Gasteiger partial charge in [-0.1, -0.05) is 18.2 Å². The van der Waals surface area contributed by atoms with Crippen LogP contribution in [-0.4, -0.2) is 82.4 Å². The molecule has 1 amide bonds. The summed E-state index contributed by atoms with van der Waals surface area (Å²) in [7, 11) is 2.01. The molecule has 2 aromatic carbocycles. The third-order valence-electron chi connectivity index (χ3n) is 8.08. The molecule has 42 heavy (non-hydrogen) atoms. The molecule has 0 bridgehead atoms. The summed E-state index contributed by atoms with van der Waals surface area (Å²) in [4.78, 5) is 39.6. The maximum absolute atomic E-state index is 11.6. The van der Waals surface area contributed by atoms with Crippen molar-refractivity contribution in [3.8, 4) is 0 Å². The highest BCUT2D eigenvalue weighted by Gasteiger charge is 2.25. The Bertz CT molecular complexity index is 1590. The van der Waals surface area contributed by atoms with E-state index in [9.17, 15) is 14.7 Å². The fourth-order valence-electron chi connectivity index (χ4n) is 5.53. The van der Waals surface area contributed by atoms with E-state index >= 15 is 0 Å². The van der Waals surface area contributed by atoms with E-state index in [1.807, 2.05) is 37.4 Å². The van der Waals surface area contributed by atoms with E-state index in [4.69, 9.17) is 20.4 Å². The Kier molecular flexibility index (Phi) is 7.77. The van der Waals surface area contributed by atoms with E-state index < -0.39 is 11.9 Å². The largest absolute Gasteiger partial charge is 0.478 e. The number of benzene rings is 2. The van der Waals surface area contributed by atoms with Crippen molar-refractivity contribution in [3.63, 3.8) is 0 Å². The number of rotatable bonds is 10. The molecule has 11 nitrogen and oxygen atoms in total. The van der Waals surface area contributed by atoms with Gasteiger partial charge in [-0.05, 0) is 54.4 Å². The summed E-state index contributed by atoms with van der Waals surface area (Å²) in [5.74, 6) is 1.38. The van der Waals surface area contributed by atoms with Crippen LogP contribution in [0.3, 0.4) is 0 Å². The van der Waals surface area contributed by atoms with Gasteiger partial charge in [0, 0.05) is 51.9 Å². The minimum atomic E-state index is -0.940. The number of fused-ring (bicyclic) bond motifs is 1. The quantitative estimate of drug-likeness (QED) is 0.296. The molecule has 0 radical (unpaired) electrons. The first-order valence-electron chi connectivity index (χ1n) is 14.2. The van der Waals surface area contributed by atoms with Crippen molar-refractivity contribution in [2.45, 2.75) is 32.2 Å². The van der Waals surface area contributed by atoms with Crippen LogP contribution in [0.15, 0.2) is 60.7 Å². The fourth-order valence-corrected chi connectivity index (χ4v) is 5.53. The van der Waals surface area contributed by atoms with Crippen LogP contribution < -0.4 is 15.5 Å². The first kappa shape index (κ1) is 27.7. The number of carboxylic acids is 1. The third-order valence-corrected chi connectivity index (χ3v) is 8.08. The molecular formula is C31H35N7O4. The van der Waals surface area contributed by atoms with Gasteiger partial charge in [0.1, 0.15) is 17.5 Å². The van der Waals surface area contributed by atoms with Gasteiger partial charge < -0.3 is 29.9 Å². The van der Waals surface area contributed by atoms with E-state index in [0.717, 1.165) is 73.3 Å². The van der Waals surface area contributed by atoms with E-state index in [1.54, 1.807) is 30.3 Å². The molecule has 2 aliphatic heterocycles. The van der Waals surface area contributed by atoms with Gasteiger partial charge in [0.25, 0.3) is 0 Å². The van der Waals surface area contributed by atoms with Crippen molar-refractivity contribution in [1.82, 2.24) is 19.4 Å². The van der Waals surface area contributed by atoms with E-state index in [-0.39, 0.29) is 11.7 Å². The van der Waals surface area contributed by atoms with Crippen LogP contribution in [0.25, 0.3) is 11.0 Å². The van der Waals surface area contributed by atoms with Gasteiger partial charge >= 0.3 is 5.97 Å². The summed E-state index contributed by atoms with van der Waals surface area (Å²) < 4.78 is 7.84. The number of nitrogens with two attached hydrogens (primary N) is 1. The Balaban J connectivity index is 1.11. The Morgan fingerprint density at radius 3 is 2.43 bits per heavy atom. The van der Waals surface area contributed by atoms with Crippen molar-refractivity contribution in [2.75, 3.05) is 49.6 Å². The number of anilines is 2. The zero-order valence-corrected chi connectivity index (χ0v) is 23.6. The van der Waals surface area contributed by atoms with Crippen LogP contribution in [0.5, 0.6) is 0 Å². The number of pyridine rings is 1. The van der Waals surface area contributed by atoms with Gasteiger partial charge in [-0.15, -0.1) is 0 Å². The molecule has 0 aliphatic carbocycles. The van der Waals surface area contributed by atoms with Crippen LogP contribution in [-0.2, 0) is 24.4 Å². The van der Waals surface area contributed by atoms with Crippen molar-refractivity contribution >= 4 is 34.5 Å².